The monoisotopic (exact) mass is 299 g/mol. The van der Waals surface area contributed by atoms with E-state index in [0.717, 1.165) is 12.1 Å². The van der Waals surface area contributed by atoms with Crippen molar-refractivity contribution in [3.8, 4) is 0 Å². The number of alkyl halides is 3. The number of halogens is 3. The lowest BCUT2D eigenvalue weighted by atomic mass is 10.1. The van der Waals surface area contributed by atoms with E-state index in [0.29, 0.717) is 10.5 Å². The first-order valence-electron chi connectivity index (χ1n) is 5.79. The molecule has 0 aliphatic carbocycles. The number of anilines is 1. The molecule has 2 aromatic carbocycles. The quantitative estimate of drug-likeness (QED) is 0.906. The van der Waals surface area contributed by atoms with Crippen LogP contribution in [0.25, 0.3) is 0 Å². The SMILES string of the molecule is Cc1ccc(C(F)(F)F)cc1NS(=O)c1ccccc1. The van der Waals surface area contributed by atoms with Gasteiger partial charge in [0.25, 0.3) is 0 Å². The highest BCUT2D eigenvalue weighted by Gasteiger charge is 2.30. The fraction of sp³-hybridized carbons (Fsp3) is 0.143. The third-order valence-electron chi connectivity index (χ3n) is 2.72. The van der Waals surface area contributed by atoms with E-state index in [4.69, 9.17) is 0 Å². The summed E-state index contributed by atoms with van der Waals surface area (Å²) in [7, 11) is -1.60. The molecule has 6 heteroatoms. The van der Waals surface area contributed by atoms with Crippen LogP contribution in [-0.2, 0) is 17.2 Å². The Morgan fingerprint density at radius 3 is 2.30 bits per heavy atom. The molecule has 0 heterocycles. The zero-order valence-electron chi connectivity index (χ0n) is 10.6. The molecular weight excluding hydrogens is 287 g/mol. The van der Waals surface area contributed by atoms with Crippen LogP contribution in [-0.4, -0.2) is 4.21 Å². The molecule has 0 bridgehead atoms. The molecule has 0 spiro atoms. The second kappa shape index (κ2) is 5.66. The summed E-state index contributed by atoms with van der Waals surface area (Å²) in [4.78, 5) is 0.504. The number of aryl methyl sites for hydroxylation is 1. The molecule has 2 nitrogen and oxygen atoms in total. The van der Waals surface area contributed by atoms with Gasteiger partial charge in [0.2, 0.25) is 0 Å². The minimum atomic E-state index is -4.42. The summed E-state index contributed by atoms with van der Waals surface area (Å²) < 4.78 is 52.6. The summed E-state index contributed by atoms with van der Waals surface area (Å²) >= 11 is 0. The topological polar surface area (TPSA) is 29.1 Å². The molecule has 0 saturated carbocycles. The van der Waals surface area contributed by atoms with E-state index in [1.807, 2.05) is 0 Å². The van der Waals surface area contributed by atoms with Crippen LogP contribution >= 0.6 is 0 Å². The Labute approximate surface area is 117 Å². The molecule has 1 unspecified atom stereocenters. The molecule has 106 valence electrons. The Hall–Kier alpha value is -1.82. The predicted octanol–water partition coefficient (Wildman–Crippen LogP) is 4.15. The predicted molar refractivity (Wildman–Crippen MR) is 72.7 cm³/mol. The highest BCUT2D eigenvalue weighted by molar-refractivity contribution is 7.86. The zero-order valence-corrected chi connectivity index (χ0v) is 11.4. The molecule has 0 aliphatic rings. The van der Waals surface area contributed by atoms with Crippen molar-refractivity contribution in [3.05, 3.63) is 59.7 Å². The van der Waals surface area contributed by atoms with Crippen molar-refractivity contribution in [1.82, 2.24) is 0 Å². The van der Waals surface area contributed by atoms with E-state index >= 15 is 0 Å². The summed E-state index contributed by atoms with van der Waals surface area (Å²) in [5.41, 5.74) is 0.0416. The summed E-state index contributed by atoms with van der Waals surface area (Å²) in [5, 5.41) is 0. The van der Waals surface area contributed by atoms with Crippen LogP contribution in [0.15, 0.2) is 53.4 Å². The maximum atomic E-state index is 12.7. The van der Waals surface area contributed by atoms with Crippen LogP contribution in [0.2, 0.25) is 0 Å². The van der Waals surface area contributed by atoms with Gasteiger partial charge in [-0.1, -0.05) is 24.3 Å². The van der Waals surface area contributed by atoms with Crippen LogP contribution in [0.4, 0.5) is 18.9 Å². The van der Waals surface area contributed by atoms with Gasteiger partial charge in [0, 0.05) is 0 Å². The minimum Gasteiger partial charge on any atom is -0.301 e. The van der Waals surface area contributed by atoms with Crippen molar-refractivity contribution < 1.29 is 17.4 Å². The van der Waals surface area contributed by atoms with E-state index in [2.05, 4.69) is 4.72 Å². The standard InChI is InChI=1S/C14H12F3NOS/c1-10-7-8-11(14(15,16)17)9-13(10)18-20(19)12-5-3-2-4-6-12/h2-9,18H,1H3. The second-order valence-electron chi connectivity index (χ2n) is 4.21. The maximum absolute atomic E-state index is 12.7. The van der Waals surface area contributed by atoms with E-state index < -0.39 is 22.7 Å². The molecule has 0 radical (unpaired) electrons. The van der Waals surface area contributed by atoms with Crippen LogP contribution in [0.5, 0.6) is 0 Å². The van der Waals surface area contributed by atoms with Gasteiger partial charge >= 0.3 is 6.18 Å². The van der Waals surface area contributed by atoms with Gasteiger partial charge in [0.05, 0.1) is 16.1 Å². The van der Waals surface area contributed by atoms with E-state index in [1.165, 1.54) is 6.07 Å². The summed E-state index contributed by atoms with van der Waals surface area (Å²) in [6.45, 7) is 1.66. The Balaban J connectivity index is 2.27. The first-order valence-corrected chi connectivity index (χ1v) is 6.94. The highest BCUT2D eigenvalue weighted by atomic mass is 32.2. The van der Waals surface area contributed by atoms with Gasteiger partial charge in [-0.25, -0.2) is 4.21 Å². The van der Waals surface area contributed by atoms with Gasteiger partial charge in [-0.2, -0.15) is 13.2 Å². The molecule has 2 aromatic rings. The van der Waals surface area contributed by atoms with Crippen molar-refractivity contribution in [2.24, 2.45) is 0 Å². The molecule has 20 heavy (non-hydrogen) atoms. The number of hydrogen-bond acceptors (Lipinski definition) is 1. The molecule has 1 N–H and O–H groups in total. The third kappa shape index (κ3) is 3.39. The zero-order chi connectivity index (χ0) is 14.8. The molecule has 0 aromatic heterocycles. The van der Waals surface area contributed by atoms with E-state index in [1.54, 1.807) is 37.3 Å². The van der Waals surface area contributed by atoms with Crippen molar-refractivity contribution >= 4 is 16.7 Å². The Morgan fingerprint density at radius 2 is 1.70 bits per heavy atom. The average Bonchev–Trinajstić information content (AvgIpc) is 2.41. The normalized spacial score (nSPS) is 13.0. The van der Waals surface area contributed by atoms with Gasteiger partial charge < -0.3 is 4.72 Å². The van der Waals surface area contributed by atoms with E-state index in [9.17, 15) is 17.4 Å². The number of hydrogen-bond donors (Lipinski definition) is 1. The largest absolute Gasteiger partial charge is 0.416 e. The molecule has 2 rings (SSSR count). The van der Waals surface area contributed by atoms with Gasteiger partial charge in [0.1, 0.15) is 11.0 Å². The molecule has 1 atom stereocenters. The number of nitrogens with one attached hydrogen (secondary N) is 1. The fourth-order valence-corrected chi connectivity index (χ4v) is 2.55. The Bertz CT molecular complexity index is 626. The lowest BCUT2D eigenvalue weighted by Gasteiger charge is -2.12. The fourth-order valence-electron chi connectivity index (χ4n) is 1.61. The van der Waals surface area contributed by atoms with Crippen LogP contribution in [0.1, 0.15) is 11.1 Å². The number of benzene rings is 2. The Kier molecular flexibility index (Phi) is 4.13. The van der Waals surface area contributed by atoms with Crippen molar-refractivity contribution in [1.29, 1.82) is 0 Å². The molecule has 0 saturated heterocycles. The highest BCUT2D eigenvalue weighted by Crippen LogP contribution is 2.32. The molecule has 0 fully saturated rings. The van der Waals surface area contributed by atoms with Crippen LogP contribution in [0, 0.1) is 6.92 Å². The second-order valence-corrected chi connectivity index (χ2v) is 5.42. The van der Waals surface area contributed by atoms with E-state index in [-0.39, 0.29) is 5.69 Å². The first-order chi connectivity index (χ1) is 9.38. The maximum Gasteiger partial charge on any atom is 0.416 e. The van der Waals surface area contributed by atoms with Gasteiger partial charge in [-0.05, 0) is 36.8 Å². The van der Waals surface area contributed by atoms with Gasteiger partial charge in [-0.3, -0.25) is 0 Å². The third-order valence-corrected chi connectivity index (χ3v) is 3.83. The van der Waals surface area contributed by atoms with Crippen LogP contribution in [0.3, 0.4) is 0 Å². The van der Waals surface area contributed by atoms with Gasteiger partial charge in [-0.15, -0.1) is 0 Å². The molecule has 0 aliphatic heterocycles. The molecule has 0 amide bonds. The first kappa shape index (κ1) is 14.6. The summed E-state index contributed by atoms with van der Waals surface area (Å²) in [6.07, 6.45) is -4.42. The van der Waals surface area contributed by atoms with Crippen molar-refractivity contribution in [2.75, 3.05) is 4.72 Å². The summed E-state index contributed by atoms with van der Waals surface area (Å²) in [6, 6.07) is 11.8. The minimum absolute atomic E-state index is 0.210. The smallest absolute Gasteiger partial charge is 0.301 e. The van der Waals surface area contributed by atoms with Crippen molar-refractivity contribution in [3.63, 3.8) is 0 Å². The summed E-state index contributed by atoms with van der Waals surface area (Å²) in [5.74, 6) is 0. The average molecular weight is 299 g/mol. The lowest BCUT2D eigenvalue weighted by Crippen LogP contribution is -2.09. The lowest BCUT2D eigenvalue weighted by molar-refractivity contribution is -0.137. The number of rotatable bonds is 3. The van der Waals surface area contributed by atoms with Crippen LogP contribution < -0.4 is 4.72 Å². The molecular formula is C14H12F3NOS. The Morgan fingerprint density at radius 1 is 1.05 bits per heavy atom. The van der Waals surface area contributed by atoms with Gasteiger partial charge in [0.15, 0.2) is 0 Å². The van der Waals surface area contributed by atoms with Crippen molar-refractivity contribution in [2.45, 2.75) is 18.0 Å².